The van der Waals surface area contributed by atoms with E-state index in [0.29, 0.717) is 39.2 Å². The fourth-order valence-corrected chi connectivity index (χ4v) is 3.53. The van der Waals surface area contributed by atoms with Gasteiger partial charge in [-0.2, -0.15) is 5.10 Å². The highest BCUT2D eigenvalue weighted by molar-refractivity contribution is 6.35. The summed E-state index contributed by atoms with van der Waals surface area (Å²) < 4.78 is 6.06. The highest BCUT2D eigenvalue weighted by Gasteiger charge is 2.16. The van der Waals surface area contributed by atoms with Gasteiger partial charge in [-0.3, -0.25) is 10.1 Å². The normalized spacial score (nSPS) is 13.0. The molecule has 0 bridgehead atoms. The molecule has 2 aromatic heterocycles. The lowest BCUT2D eigenvalue weighted by Gasteiger charge is -2.17. The van der Waals surface area contributed by atoms with E-state index in [-0.39, 0.29) is 12.7 Å². The second kappa shape index (κ2) is 10.2. The van der Waals surface area contributed by atoms with Gasteiger partial charge in [0.25, 0.3) is 0 Å². The number of benzene rings is 1. The van der Waals surface area contributed by atoms with Gasteiger partial charge >= 0.3 is 0 Å². The molecule has 7 nitrogen and oxygen atoms in total. The standard InChI is InChI=1S/C21H21Cl2N5O2/c1-13(21-17(22)11-26-12-18(21)23)30-15-3-5-20-16(8-15)19(27-28-20)4-2-14(9-24)10-25-6-7-29/h2-5,8-13,24-25,29H,6-7H2,1H3,(H,27,28)/b4-2+,14-10-,24-9?/t13-/m1/s1. The molecule has 3 rings (SSSR count). The number of pyridine rings is 1. The van der Waals surface area contributed by atoms with Crippen molar-refractivity contribution in [2.75, 3.05) is 13.2 Å². The van der Waals surface area contributed by atoms with Crippen molar-refractivity contribution in [3.63, 3.8) is 0 Å². The fraction of sp³-hybridized carbons (Fsp3) is 0.190. The summed E-state index contributed by atoms with van der Waals surface area (Å²) in [7, 11) is 0. The van der Waals surface area contributed by atoms with E-state index in [1.165, 1.54) is 18.6 Å². The van der Waals surface area contributed by atoms with Crippen LogP contribution in [0.5, 0.6) is 5.75 Å². The van der Waals surface area contributed by atoms with Crippen molar-refractivity contribution in [2.45, 2.75) is 13.0 Å². The van der Waals surface area contributed by atoms with Crippen molar-refractivity contribution in [1.82, 2.24) is 20.5 Å². The minimum absolute atomic E-state index is 0.0205. The van der Waals surface area contributed by atoms with Gasteiger partial charge in [0.05, 0.1) is 27.9 Å². The van der Waals surface area contributed by atoms with Crippen molar-refractivity contribution >= 4 is 46.4 Å². The molecule has 30 heavy (non-hydrogen) atoms. The SMILES string of the molecule is C[C@@H](Oc1ccc2[nH]nc(/C=C/C(C=N)=C/NCCO)c2c1)c1c(Cl)cncc1Cl. The summed E-state index contributed by atoms with van der Waals surface area (Å²) in [6.07, 6.45) is 9.14. The first kappa shape index (κ1) is 21.8. The molecule has 0 saturated carbocycles. The molecule has 0 radical (unpaired) electrons. The van der Waals surface area contributed by atoms with E-state index in [1.54, 1.807) is 18.4 Å². The average molecular weight is 446 g/mol. The van der Waals surface area contributed by atoms with E-state index in [2.05, 4.69) is 20.5 Å². The summed E-state index contributed by atoms with van der Waals surface area (Å²) in [5.41, 5.74) is 2.88. The van der Waals surface area contributed by atoms with Gasteiger partial charge in [0, 0.05) is 47.9 Å². The molecule has 9 heteroatoms. The zero-order valence-corrected chi connectivity index (χ0v) is 17.7. The monoisotopic (exact) mass is 445 g/mol. The predicted octanol–water partition coefficient (Wildman–Crippen LogP) is 4.53. The maximum Gasteiger partial charge on any atom is 0.124 e. The van der Waals surface area contributed by atoms with Crippen LogP contribution in [0, 0.1) is 5.41 Å². The summed E-state index contributed by atoms with van der Waals surface area (Å²) in [6.45, 7) is 2.31. The van der Waals surface area contributed by atoms with Gasteiger partial charge in [0.2, 0.25) is 0 Å². The number of fused-ring (bicyclic) bond motifs is 1. The van der Waals surface area contributed by atoms with Gasteiger partial charge in [-0.15, -0.1) is 0 Å². The number of aliphatic hydroxyl groups is 1. The Morgan fingerprint density at radius 3 is 2.80 bits per heavy atom. The zero-order chi connectivity index (χ0) is 21.5. The molecule has 0 saturated heterocycles. The van der Waals surface area contributed by atoms with Gasteiger partial charge in [0.15, 0.2) is 0 Å². The molecular weight excluding hydrogens is 425 g/mol. The third-order valence-electron chi connectivity index (χ3n) is 4.30. The molecule has 2 heterocycles. The van der Waals surface area contributed by atoms with E-state index in [4.69, 9.17) is 38.5 Å². The molecular formula is C21H21Cl2N5O2. The first-order valence-electron chi connectivity index (χ1n) is 9.20. The molecule has 156 valence electrons. The molecule has 4 N–H and O–H groups in total. The lowest BCUT2D eigenvalue weighted by Crippen LogP contribution is -2.11. The van der Waals surface area contributed by atoms with E-state index < -0.39 is 0 Å². The molecule has 3 aromatic rings. The lowest BCUT2D eigenvalue weighted by atomic mass is 10.1. The van der Waals surface area contributed by atoms with Crippen LogP contribution in [0.25, 0.3) is 17.0 Å². The second-order valence-corrected chi connectivity index (χ2v) is 7.21. The van der Waals surface area contributed by atoms with Crippen LogP contribution in [0.15, 0.2) is 48.4 Å². The van der Waals surface area contributed by atoms with Crippen LogP contribution >= 0.6 is 23.2 Å². The first-order valence-corrected chi connectivity index (χ1v) is 9.95. The Bertz CT molecular complexity index is 1070. The van der Waals surface area contributed by atoms with Crippen LogP contribution < -0.4 is 10.1 Å². The topological polar surface area (TPSA) is 107 Å². The first-order chi connectivity index (χ1) is 14.5. The predicted molar refractivity (Wildman–Crippen MR) is 120 cm³/mol. The minimum atomic E-state index is -0.374. The molecule has 1 atom stereocenters. The van der Waals surface area contributed by atoms with Gasteiger partial charge in [-0.1, -0.05) is 23.2 Å². The van der Waals surface area contributed by atoms with Gasteiger partial charge in [-0.25, -0.2) is 0 Å². The van der Waals surface area contributed by atoms with Crippen molar-refractivity contribution < 1.29 is 9.84 Å². The number of ether oxygens (including phenoxy) is 1. The largest absolute Gasteiger partial charge is 0.486 e. The Morgan fingerprint density at radius 1 is 1.33 bits per heavy atom. The Balaban J connectivity index is 1.83. The molecule has 0 aliphatic rings. The molecule has 0 fully saturated rings. The van der Waals surface area contributed by atoms with Crippen molar-refractivity contribution in [3.05, 3.63) is 69.7 Å². The number of nitrogens with one attached hydrogen (secondary N) is 3. The Labute approximate surface area is 183 Å². The zero-order valence-electron chi connectivity index (χ0n) is 16.2. The summed E-state index contributed by atoms with van der Waals surface area (Å²) in [6, 6.07) is 5.61. The number of rotatable bonds is 9. The number of halogens is 2. The van der Waals surface area contributed by atoms with E-state index in [9.17, 15) is 0 Å². The van der Waals surface area contributed by atoms with Crippen LogP contribution in [0.4, 0.5) is 0 Å². The number of hydrogen-bond acceptors (Lipinski definition) is 6. The number of aromatic nitrogens is 3. The number of nitrogens with zero attached hydrogens (tertiary/aromatic N) is 2. The second-order valence-electron chi connectivity index (χ2n) is 6.39. The van der Waals surface area contributed by atoms with Crippen LogP contribution in [-0.4, -0.2) is 39.7 Å². The average Bonchev–Trinajstić information content (AvgIpc) is 3.13. The van der Waals surface area contributed by atoms with E-state index in [0.717, 1.165) is 10.9 Å². The van der Waals surface area contributed by atoms with E-state index in [1.807, 2.05) is 25.1 Å². The Morgan fingerprint density at radius 2 is 2.10 bits per heavy atom. The minimum Gasteiger partial charge on any atom is -0.486 e. The third-order valence-corrected chi connectivity index (χ3v) is 4.90. The molecule has 0 aliphatic heterocycles. The fourth-order valence-electron chi connectivity index (χ4n) is 2.85. The van der Waals surface area contributed by atoms with Gasteiger partial charge in [-0.05, 0) is 37.3 Å². The van der Waals surface area contributed by atoms with Crippen molar-refractivity contribution in [2.24, 2.45) is 0 Å². The summed E-state index contributed by atoms with van der Waals surface area (Å²) in [4.78, 5) is 3.97. The molecule has 0 unspecified atom stereocenters. The summed E-state index contributed by atoms with van der Waals surface area (Å²) in [5.74, 6) is 0.641. The molecule has 0 aliphatic carbocycles. The van der Waals surface area contributed by atoms with Crippen LogP contribution in [-0.2, 0) is 0 Å². The molecule has 1 aromatic carbocycles. The number of allylic oxidation sites excluding steroid dienone is 2. The molecule has 0 amide bonds. The number of aliphatic hydroxyl groups excluding tert-OH is 1. The maximum absolute atomic E-state index is 8.83. The van der Waals surface area contributed by atoms with Crippen molar-refractivity contribution in [1.29, 1.82) is 5.41 Å². The lowest BCUT2D eigenvalue weighted by molar-refractivity contribution is 0.227. The Hall–Kier alpha value is -2.87. The summed E-state index contributed by atoms with van der Waals surface area (Å²) >= 11 is 12.5. The highest BCUT2D eigenvalue weighted by Crippen LogP contribution is 2.33. The number of H-pyrrole nitrogens is 1. The maximum atomic E-state index is 8.83. The number of hydrogen-bond donors (Lipinski definition) is 4. The Kier molecular flexibility index (Phi) is 7.46. The van der Waals surface area contributed by atoms with Gasteiger partial charge in [0.1, 0.15) is 11.9 Å². The summed E-state index contributed by atoms with van der Waals surface area (Å²) in [5, 5.41) is 28.3. The number of aromatic amines is 1. The van der Waals surface area contributed by atoms with Crippen molar-refractivity contribution in [3.8, 4) is 5.75 Å². The molecule has 0 spiro atoms. The third kappa shape index (κ3) is 5.18. The quantitative estimate of drug-likeness (QED) is 0.220. The van der Waals surface area contributed by atoms with Crippen LogP contribution in [0.3, 0.4) is 0 Å². The van der Waals surface area contributed by atoms with Crippen LogP contribution in [0.2, 0.25) is 10.0 Å². The smallest absolute Gasteiger partial charge is 0.124 e. The van der Waals surface area contributed by atoms with Crippen LogP contribution in [0.1, 0.15) is 24.3 Å². The van der Waals surface area contributed by atoms with E-state index >= 15 is 0 Å². The highest BCUT2D eigenvalue weighted by atomic mass is 35.5. The van der Waals surface area contributed by atoms with Gasteiger partial charge < -0.3 is 20.6 Å².